The van der Waals surface area contributed by atoms with Gasteiger partial charge < -0.3 is 5.32 Å². The van der Waals surface area contributed by atoms with Gasteiger partial charge in [-0.05, 0) is 31.7 Å². The first-order chi connectivity index (χ1) is 11.6. The lowest BCUT2D eigenvalue weighted by molar-refractivity contribution is 0.454. The highest BCUT2D eigenvalue weighted by molar-refractivity contribution is 7.89. The molecule has 7 heteroatoms. The maximum atomic E-state index is 13.1. The van der Waals surface area contributed by atoms with Crippen molar-refractivity contribution in [2.45, 2.75) is 30.2 Å². The third kappa shape index (κ3) is 3.04. The van der Waals surface area contributed by atoms with Gasteiger partial charge in [-0.3, -0.25) is 0 Å². The van der Waals surface area contributed by atoms with E-state index in [1.807, 2.05) is 12.1 Å². The molecular formula is C17H20ClN3O2S. The molecule has 1 aliphatic heterocycles. The van der Waals surface area contributed by atoms with E-state index in [1.165, 1.54) is 19.0 Å². The van der Waals surface area contributed by atoms with Crippen molar-refractivity contribution in [3.8, 4) is 0 Å². The molecule has 5 nitrogen and oxygen atoms in total. The minimum Gasteiger partial charge on any atom is -0.312 e. The summed E-state index contributed by atoms with van der Waals surface area (Å²) in [6, 6.07) is 7.48. The first kappa shape index (κ1) is 16.3. The Bertz CT molecular complexity index is 867. The number of aromatic nitrogens is 1. The average molecular weight is 366 g/mol. The molecule has 1 saturated heterocycles. The van der Waals surface area contributed by atoms with Gasteiger partial charge in [0.15, 0.2) is 0 Å². The molecule has 1 aliphatic carbocycles. The summed E-state index contributed by atoms with van der Waals surface area (Å²) in [6.45, 7) is 2.07. The maximum absolute atomic E-state index is 13.1. The highest BCUT2D eigenvalue weighted by Gasteiger charge is 2.34. The van der Waals surface area contributed by atoms with Crippen LogP contribution in [-0.2, 0) is 10.0 Å². The van der Waals surface area contributed by atoms with Gasteiger partial charge in [0.25, 0.3) is 0 Å². The first-order valence-electron chi connectivity index (χ1n) is 8.32. The van der Waals surface area contributed by atoms with Crippen LogP contribution in [0.3, 0.4) is 0 Å². The van der Waals surface area contributed by atoms with E-state index in [0.717, 1.165) is 18.9 Å². The Balaban J connectivity index is 1.60. The third-order valence-electron chi connectivity index (χ3n) is 4.87. The summed E-state index contributed by atoms with van der Waals surface area (Å²) in [6.07, 6.45) is 4.82. The summed E-state index contributed by atoms with van der Waals surface area (Å²) in [5.74, 6) is 0.792. The van der Waals surface area contributed by atoms with Gasteiger partial charge in [-0.15, -0.1) is 0 Å². The van der Waals surface area contributed by atoms with Crippen molar-refractivity contribution in [3.63, 3.8) is 0 Å². The van der Waals surface area contributed by atoms with Crippen LogP contribution in [0.15, 0.2) is 35.4 Å². The first-order valence-corrected chi connectivity index (χ1v) is 10.1. The number of sulfonamides is 1. The predicted octanol–water partition coefficient (Wildman–Crippen LogP) is 2.65. The van der Waals surface area contributed by atoms with E-state index in [-0.39, 0.29) is 10.9 Å². The predicted molar refractivity (Wildman–Crippen MR) is 94.6 cm³/mol. The van der Waals surface area contributed by atoms with E-state index in [0.29, 0.717) is 29.0 Å². The highest BCUT2D eigenvalue weighted by atomic mass is 35.5. The fourth-order valence-corrected chi connectivity index (χ4v) is 5.10. The van der Waals surface area contributed by atoms with Gasteiger partial charge in [0.1, 0.15) is 10.0 Å². The van der Waals surface area contributed by atoms with E-state index in [1.54, 1.807) is 16.4 Å². The third-order valence-corrected chi connectivity index (χ3v) is 7.06. The van der Waals surface area contributed by atoms with Gasteiger partial charge in [-0.25, -0.2) is 13.4 Å². The molecule has 0 radical (unpaired) electrons. The van der Waals surface area contributed by atoms with Crippen LogP contribution < -0.4 is 5.32 Å². The number of nitrogens with zero attached hydrogens (tertiary/aromatic N) is 2. The fourth-order valence-electron chi connectivity index (χ4n) is 3.25. The van der Waals surface area contributed by atoms with Crippen LogP contribution >= 0.6 is 11.6 Å². The van der Waals surface area contributed by atoms with Gasteiger partial charge in [-0.1, -0.05) is 35.9 Å². The van der Waals surface area contributed by atoms with Crippen molar-refractivity contribution in [1.82, 2.24) is 14.6 Å². The topological polar surface area (TPSA) is 62.3 Å². The molecule has 24 heavy (non-hydrogen) atoms. The molecule has 1 N–H and O–H groups in total. The van der Waals surface area contributed by atoms with Crippen LogP contribution in [-0.4, -0.2) is 43.4 Å². The summed E-state index contributed by atoms with van der Waals surface area (Å²) in [4.78, 5) is 4.32. The van der Waals surface area contributed by atoms with Gasteiger partial charge in [0.05, 0.1) is 0 Å². The lowest BCUT2D eigenvalue weighted by atomic mass is 10.2. The van der Waals surface area contributed by atoms with E-state index >= 15 is 0 Å². The summed E-state index contributed by atoms with van der Waals surface area (Å²) < 4.78 is 27.7. The number of pyridine rings is 1. The largest absolute Gasteiger partial charge is 0.312 e. The van der Waals surface area contributed by atoms with Crippen LogP contribution in [0.4, 0.5) is 0 Å². The van der Waals surface area contributed by atoms with Crippen LogP contribution in [0.5, 0.6) is 0 Å². The number of fused-ring (bicyclic) bond motifs is 1. The van der Waals surface area contributed by atoms with Crippen molar-refractivity contribution in [2.75, 3.05) is 19.6 Å². The monoisotopic (exact) mass is 365 g/mol. The lowest BCUT2D eigenvalue weighted by Gasteiger charge is -2.18. The zero-order chi connectivity index (χ0) is 16.7. The van der Waals surface area contributed by atoms with Crippen molar-refractivity contribution in [3.05, 3.63) is 35.6 Å². The lowest BCUT2D eigenvalue weighted by Crippen LogP contribution is -2.36. The maximum Gasteiger partial charge on any atom is 0.245 e. The summed E-state index contributed by atoms with van der Waals surface area (Å²) >= 11 is 6.11. The Labute approximate surface area is 147 Å². The smallest absolute Gasteiger partial charge is 0.245 e. The Morgan fingerprint density at radius 2 is 1.96 bits per heavy atom. The SMILES string of the molecule is O=S(=O)(c1cnc(Cl)c2ccccc12)N1CCC(NCC2CC2)C1. The van der Waals surface area contributed by atoms with Gasteiger partial charge in [0.2, 0.25) is 10.0 Å². The Kier molecular flexibility index (Phi) is 4.24. The number of hydrogen-bond acceptors (Lipinski definition) is 4. The van der Waals surface area contributed by atoms with Crippen LogP contribution in [0.2, 0.25) is 5.15 Å². The van der Waals surface area contributed by atoms with Crippen LogP contribution in [0.25, 0.3) is 10.8 Å². The van der Waals surface area contributed by atoms with Crippen molar-refractivity contribution >= 4 is 32.4 Å². The van der Waals surface area contributed by atoms with Crippen molar-refractivity contribution < 1.29 is 8.42 Å². The number of halogens is 1. The minimum absolute atomic E-state index is 0.241. The van der Waals surface area contributed by atoms with E-state index in [4.69, 9.17) is 11.6 Å². The minimum atomic E-state index is -3.57. The van der Waals surface area contributed by atoms with Crippen molar-refractivity contribution in [2.24, 2.45) is 5.92 Å². The molecule has 2 aliphatic rings. The van der Waals surface area contributed by atoms with E-state index in [9.17, 15) is 8.42 Å². The molecular weight excluding hydrogens is 346 g/mol. The second kappa shape index (κ2) is 6.26. The van der Waals surface area contributed by atoms with Crippen LogP contribution in [0.1, 0.15) is 19.3 Å². The molecule has 2 fully saturated rings. The summed E-state index contributed by atoms with van der Waals surface area (Å²) in [5.41, 5.74) is 0. The zero-order valence-electron chi connectivity index (χ0n) is 13.3. The molecule has 1 unspecified atom stereocenters. The molecule has 1 aromatic carbocycles. The second-order valence-electron chi connectivity index (χ2n) is 6.66. The summed E-state index contributed by atoms with van der Waals surface area (Å²) in [7, 11) is -3.57. The molecule has 0 bridgehead atoms. The average Bonchev–Trinajstić information content (AvgIpc) is 3.28. The number of nitrogens with one attached hydrogen (secondary N) is 1. The van der Waals surface area contributed by atoms with Crippen molar-refractivity contribution in [1.29, 1.82) is 0 Å². The molecule has 2 heterocycles. The standard InChI is InChI=1S/C17H20ClN3O2S/c18-17-15-4-2-1-3-14(15)16(10-20-17)24(22,23)21-8-7-13(11-21)19-9-12-5-6-12/h1-4,10,12-13,19H,5-9,11H2. The molecule has 2 aromatic rings. The van der Waals surface area contributed by atoms with E-state index in [2.05, 4.69) is 10.3 Å². The molecule has 1 atom stereocenters. The Morgan fingerprint density at radius 3 is 2.71 bits per heavy atom. The van der Waals surface area contributed by atoms with Gasteiger partial charge >= 0.3 is 0 Å². The molecule has 1 aromatic heterocycles. The quantitative estimate of drug-likeness (QED) is 0.827. The summed E-state index contributed by atoms with van der Waals surface area (Å²) in [5, 5.41) is 5.13. The van der Waals surface area contributed by atoms with Gasteiger partial charge in [0, 0.05) is 36.1 Å². The van der Waals surface area contributed by atoms with Crippen LogP contribution in [0, 0.1) is 5.92 Å². The normalized spacial score (nSPS) is 22.3. The Morgan fingerprint density at radius 1 is 1.21 bits per heavy atom. The fraction of sp³-hybridized carbons (Fsp3) is 0.471. The molecule has 128 valence electrons. The Hall–Kier alpha value is -1.21. The molecule has 0 spiro atoms. The number of rotatable bonds is 5. The van der Waals surface area contributed by atoms with Gasteiger partial charge in [-0.2, -0.15) is 4.31 Å². The molecule has 0 amide bonds. The molecule has 1 saturated carbocycles. The van der Waals surface area contributed by atoms with E-state index < -0.39 is 10.0 Å². The number of benzene rings is 1. The second-order valence-corrected chi connectivity index (χ2v) is 8.92. The number of hydrogen-bond donors (Lipinski definition) is 1. The molecule has 4 rings (SSSR count). The highest BCUT2D eigenvalue weighted by Crippen LogP contribution is 2.31. The zero-order valence-corrected chi connectivity index (χ0v) is 14.9.